The van der Waals surface area contributed by atoms with Crippen LogP contribution in [0, 0.1) is 5.92 Å². The fourth-order valence-corrected chi connectivity index (χ4v) is 2.72. The monoisotopic (exact) mass is 256 g/mol. The van der Waals surface area contributed by atoms with Crippen molar-refractivity contribution in [3.63, 3.8) is 0 Å². The summed E-state index contributed by atoms with van der Waals surface area (Å²) in [7, 11) is 0. The average Bonchev–Trinajstić information content (AvgIpc) is 2.35. The zero-order valence-electron chi connectivity index (χ0n) is 12.0. The molecule has 1 rings (SSSR count). The summed E-state index contributed by atoms with van der Waals surface area (Å²) in [6.45, 7) is 8.61. The number of likely N-dealkylation sites (N-methyl/N-ethyl adjacent to an activating group) is 1. The molecule has 2 N–H and O–H groups in total. The lowest BCUT2D eigenvalue weighted by molar-refractivity contribution is -0.127. The van der Waals surface area contributed by atoms with E-state index in [1.807, 2.05) is 0 Å². The molecular weight excluding hydrogens is 228 g/mol. The van der Waals surface area contributed by atoms with Crippen molar-refractivity contribution in [2.75, 3.05) is 19.6 Å². The van der Waals surface area contributed by atoms with Crippen molar-refractivity contribution in [2.45, 2.75) is 58.6 Å². The van der Waals surface area contributed by atoms with E-state index < -0.39 is 0 Å². The Balaban J connectivity index is 2.34. The molecule has 1 amide bonds. The van der Waals surface area contributed by atoms with E-state index in [1.54, 1.807) is 6.92 Å². The van der Waals surface area contributed by atoms with Gasteiger partial charge in [-0.1, -0.05) is 20.3 Å². The first-order chi connectivity index (χ1) is 8.54. The minimum absolute atomic E-state index is 0.0579. The van der Waals surface area contributed by atoms with Crippen LogP contribution in [0.25, 0.3) is 0 Å². The minimum Gasteiger partial charge on any atom is -0.393 e. The molecule has 0 aromatic carbocycles. The van der Waals surface area contributed by atoms with Crippen LogP contribution in [0.2, 0.25) is 0 Å². The van der Waals surface area contributed by atoms with Crippen LogP contribution in [0.5, 0.6) is 0 Å². The van der Waals surface area contributed by atoms with Crippen LogP contribution in [0.3, 0.4) is 0 Å². The summed E-state index contributed by atoms with van der Waals surface area (Å²) in [6.07, 6.45) is 3.78. The molecule has 3 unspecified atom stereocenters. The van der Waals surface area contributed by atoms with Gasteiger partial charge in [0.2, 0.25) is 5.91 Å². The molecule has 1 aliphatic heterocycles. The van der Waals surface area contributed by atoms with Gasteiger partial charge in [0.15, 0.2) is 0 Å². The van der Waals surface area contributed by atoms with Gasteiger partial charge >= 0.3 is 0 Å². The van der Waals surface area contributed by atoms with Crippen LogP contribution in [0.4, 0.5) is 0 Å². The van der Waals surface area contributed by atoms with Crippen LogP contribution in [0.15, 0.2) is 0 Å². The highest BCUT2D eigenvalue weighted by Gasteiger charge is 2.27. The maximum absolute atomic E-state index is 12.1. The molecule has 106 valence electrons. The van der Waals surface area contributed by atoms with Crippen LogP contribution in [-0.4, -0.2) is 47.7 Å². The van der Waals surface area contributed by atoms with Crippen molar-refractivity contribution < 1.29 is 9.90 Å². The SMILES string of the molecule is CCN1CCCCC1C(=O)NCC(C)CC(C)O. The number of hydrogen-bond donors (Lipinski definition) is 2. The number of likely N-dealkylation sites (tertiary alicyclic amines) is 1. The summed E-state index contributed by atoms with van der Waals surface area (Å²) in [5.74, 6) is 0.488. The Morgan fingerprint density at radius 2 is 2.17 bits per heavy atom. The summed E-state index contributed by atoms with van der Waals surface area (Å²) in [4.78, 5) is 14.4. The fourth-order valence-electron chi connectivity index (χ4n) is 2.72. The number of aliphatic hydroxyl groups excluding tert-OH is 1. The second-order valence-corrected chi connectivity index (χ2v) is 5.58. The zero-order valence-corrected chi connectivity index (χ0v) is 12.0. The Morgan fingerprint density at radius 1 is 1.44 bits per heavy atom. The van der Waals surface area contributed by atoms with Crippen molar-refractivity contribution in [1.29, 1.82) is 0 Å². The average molecular weight is 256 g/mol. The molecule has 1 aliphatic rings. The molecule has 1 fully saturated rings. The standard InChI is InChI=1S/C14H28N2O2/c1-4-16-8-6-5-7-13(16)14(18)15-10-11(2)9-12(3)17/h11-13,17H,4-10H2,1-3H3,(H,15,18). The van der Waals surface area contributed by atoms with Gasteiger partial charge in [-0.05, 0) is 45.2 Å². The molecular formula is C14H28N2O2. The summed E-state index contributed by atoms with van der Waals surface area (Å²) in [5, 5.41) is 12.3. The van der Waals surface area contributed by atoms with E-state index in [4.69, 9.17) is 0 Å². The lowest BCUT2D eigenvalue weighted by Gasteiger charge is -2.33. The van der Waals surface area contributed by atoms with E-state index in [-0.39, 0.29) is 18.1 Å². The number of piperidine rings is 1. The Labute approximate surface area is 111 Å². The Hall–Kier alpha value is -0.610. The maximum atomic E-state index is 12.1. The molecule has 18 heavy (non-hydrogen) atoms. The molecule has 1 heterocycles. The number of rotatable bonds is 6. The highest BCUT2D eigenvalue weighted by Crippen LogP contribution is 2.16. The molecule has 3 atom stereocenters. The van der Waals surface area contributed by atoms with E-state index in [2.05, 4.69) is 24.1 Å². The smallest absolute Gasteiger partial charge is 0.237 e. The van der Waals surface area contributed by atoms with Crippen molar-refractivity contribution in [3.8, 4) is 0 Å². The third-order valence-electron chi connectivity index (χ3n) is 3.69. The first-order valence-corrected chi connectivity index (χ1v) is 7.24. The van der Waals surface area contributed by atoms with Crippen LogP contribution in [0.1, 0.15) is 46.5 Å². The minimum atomic E-state index is -0.293. The lowest BCUT2D eigenvalue weighted by Crippen LogP contribution is -2.50. The molecule has 0 radical (unpaired) electrons. The highest BCUT2D eigenvalue weighted by molar-refractivity contribution is 5.81. The molecule has 4 nitrogen and oxygen atoms in total. The second-order valence-electron chi connectivity index (χ2n) is 5.58. The predicted octanol–water partition coefficient (Wildman–Crippen LogP) is 1.38. The molecule has 1 saturated heterocycles. The molecule has 0 aliphatic carbocycles. The number of amides is 1. The third kappa shape index (κ3) is 4.94. The van der Waals surface area contributed by atoms with Crippen LogP contribution < -0.4 is 5.32 Å². The zero-order chi connectivity index (χ0) is 13.5. The molecule has 0 saturated carbocycles. The maximum Gasteiger partial charge on any atom is 0.237 e. The van der Waals surface area contributed by atoms with E-state index in [0.29, 0.717) is 12.5 Å². The number of aliphatic hydroxyl groups is 1. The van der Waals surface area contributed by atoms with Crippen molar-refractivity contribution in [2.24, 2.45) is 5.92 Å². The first-order valence-electron chi connectivity index (χ1n) is 7.24. The number of carbonyl (C=O) groups is 1. The van der Waals surface area contributed by atoms with Gasteiger partial charge in [0.1, 0.15) is 0 Å². The second kappa shape index (κ2) is 7.74. The van der Waals surface area contributed by atoms with Gasteiger partial charge in [-0.3, -0.25) is 9.69 Å². The summed E-state index contributed by atoms with van der Waals surface area (Å²) in [5.41, 5.74) is 0. The van der Waals surface area contributed by atoms with Crippen LogP contribution >= 0.6 is 0 Å². The van der Waals surface area contributed by atoms with Gasteiger partial charge in [-0.2, -0.15) is 0 Å². The van der Waals surface area contributed by atoms with Crippen molar-refractivity contribution in [1.82, 2.24) is 10.2 Å². The highest BCUT2D eigenvalue weighted by atomic mass is 16.3. The molecule has 0 aromatic rings. The summed E-state index contributed by atoms with van der Waals surface area (Å²) >= 11 is 0. The number of hydrogen-bond acceptors (Lipinski definition) is 3. The van der Waals surface area contributed by atoms with Gasteiger partial charge in [0.05, 0.1) is 12.1 Å². The van der Waals surface area contributed by atoms with Gasteiger partial charge in [-0.15, -0.1) is 0 Å². The van der Waals surface area contributed by atoms with Crippen LogP contribution in [-0.2, 0) is 4.79 Å². The third-order valence-corrected chi connectivity index (χ3v) is 3.69. The van der Waals surface area contributed by atoms with E-state index in [0.717, 1.165) is 32.4 Å². The fraction of sp³-hybridized carbons (Fsp3) is 0.929. The topological polar surface area (TPSA) is 52.6 Å². The van der Waals surface area contributed by atoms with Crippen molar-refractivity contribution >= 4 is 5.91 Å². The number of nitrogens with one attached hydrogen (secondary N) is 1. The van der Waals surface area contributed by atoms with Crippen molar-refractivity contribution in [3.05, 3.63) is 0 Å². The van der Waals surface area contributed by atoms with E-state index in [1.165, 1.54) is 6.42 Å². The molecule has 0 aromatic heterocycles. The quantitative estimate of drug-likeness (QED) is 0.755. The Kier molecular flexibility index (Phi) is 6.65. The number of carbonyl (C=O) groups excluding carboxylic acids is 1. The normalized spacial score (nSPS) is 24.6. The summed E-state index contributed by atoms with van der Waals surface area (Å²) in [6, 6.07) is 0.0579. The summed E-state index contributed by atoms with van der Waals surface area (Å²) < 4.78 is 0. The van der Waals surface area contributed by atoms with Gasteiger partial charge in [-0.25, -0.2) is 0 Å². The Bertz CT molecular complexity index is 256. The Morgan fingerprint density at radius 3 is 2.78 bits per heavy atom. The van der Waals surface area contributed by atoms with Gasteiger partial charge < -0.3 is 10.4 Å². The lowest BCUT2D eigenvalue weighted by atomic mass is 10.0. The molecule has 4 heteroatoms. The van der Waals surface area contributed by atoms with Gasteiger partial charge in [0, 0.05) is 6.54 Å². The van der Waals surface area contributed by atoms with Gasteiger partial charge in [0.25, 0.3) is 0 Å². The largest absolute Gasteiger partial charge is 0.393 e. The number of nitrogens with zero attached hydrogens (tertiary/aromatic N) is 1. The molecule has 0 spiro atoms. The first kappa shape index (κ1) is 15.4. The van der Waals surface area contributed by atoms with E-state index >= 15 is 0 Å². The van der Waals surface area contributed by atoms with E-state index in [9.17, 15) is 9.90 Å². The molecule has 0 bridgehead atoms. The predicted molar refractivity (Wildman–Crippen MR) is 73.4 cm³/mol.